The number of rotatable bonds is 4. The predicted molar refractivity (Wildman–Crippen MR) is 103 cm³/mol. The van der Waals surface area contributed by atoms with Gasteiger partial charge in [-0.05, 0) is 32.0 Å². The van der Waals surface area contributed by atoms with E-state index in [9.17, 15) is 4.79 Å². The zero-order valence-electron chi connectivity index (χ0n) is 15.6. The Labute approximate surface area is 161 Å². The topological polar surface area (TPSA) is 171 Å². The summed E-state index contributed by atoms with van der Waals surface area (Å²) in [6.45, 7) is 2.77. The standard InChI is InChI=1S/C12H12N8O2.C5H11N/c1-22-3-7-18-12(20-19-7)6-2-5(11(14)21)8-9(17-6)10(13)16-4-15-8;1-2-4-6-5-3-1/h2,4H,3H2,1H3,(H2,14,21)(H2,13,15,16)(H,18,19,20);6H,1-5H2. The minimum absolute atomic E-state index is 0.141. The lowest BCUT2D eigenvalue weighted by atomic mass is 10.1. The number of hydrogen-bond donors (Lipinski definition) is 4. The third-order valence-corrected chi connectivity index (χ3v) is 4.13. The molecule has 11 heteroatoms. The van der Waals surface area contributed by atoms with Gasteiger partial charge in [-0.25, -0.2) is 19.9 Å². The highest BCUT2D eigenvalue weighted by Gasteiger charge is 2.17. The second-order valence-corrected chi connectivity index (χ2v) is 6.22. The van der Waals surface area contributed by atoms with Crippen molar-refractivity contribution in [1.29, 1.82) is 0 Å². The number of primary amides is 1. The van der Waals surface area contributed by atoms with E-state index >= 15 is 0 Å². The first-order valence-electron chi connectivity index (χ1n) is 8.92. The van der Waals surface area contributed by atoms with E-state index in [-0.39, 0.29) is 29.0 Å². The van der Waals surface area contributed by atoms with Crippen LogP contribution in [0.15, 0.2) is 12.4 Å². The monoisotopic (exact) mass is 385 g/mol. The number of anilines is 1. The number of hydrogen-bond acceptors (Lipinski definition) is 9. The lowest BCUT2D eigenvalue weighted by molar-refractivity contribution is 0.100. The van der Waals surface area contributed by atoms with Crippen LogP contribution in [0.1, 0.15) is 35.4 Å². The molecule has 0 radical (unpaired) electrons. The normalized spacial score (nSPS) is 13.8. The fourth-order valence-corrected chi connectivity index (χ4v) is 2.77. The molecule has 0 spiro atoms. The molecule has 0 aromatic carbocycles. The van der Waals surface area contributed by atoms with Crippen LogP contribution in [0.3, 0.4) is 0 Å². The van der Waals surface area contributed by atoms with E-state index in [1.807, 2.05) is 0 Å². The number of aromatic nitrogens is 6. The maximum absolute atomic E-state index is 11.6. The van der Waals surface area contributed by atoms with Crippen LogP contribution < -0.4 is 16.8 Å². The average Bonchev–Trinajstić information content (AvgIpc) is 3.18. The smallest absolute Gasteiger partial charge is 0.251 e. The highest BCUT2D eigenvalue weighted by molar-refractivity contribution is 6.06. The van der Waals surface area contributed by atoms with Crippen molar-refractivity contribution in [3.8, 4) is 11.5 Å². The molecule has 1 aliphatic rings. The van der Waals surface area contributed by atoms with Crippen LogP contribution in [0.4, 0.5) is 5.82 Å². The molecule has 4 heterocycles. The van der Waals surface area contributed by atoms with Crippen LogP contribution >= 0.6 is 0 Å². The van der Waals surface area contributed by atoms with Gasteiger partial charge in [-0.1, -0.05) is 6.42 Å². The number of carbonyl (C=O) groups excluding carboxylic acids is 1. The Morgan fingerprint density at radius 3 is 2.57 bits per heavy atom. The third kappa shape index (κ3) is 4.56. The van der Waals surface area contributed by atoms with E-state index in [4.69, 9.17) is 16.2 Å². The first-order valence-corrected chi connectivity index (χ1v) is 8.92. The molecule has 28 heavy (non-hydrogen) atoms. The van der Waals surface area contributed by atoms with E-state index in [0.717, 1.165) is 0 Å². The summed E-state index contributed by atoms with van der Waals surface area (Å²) in [4.78, 5) is 28.0. The molecule has 0 unspecified atom stereocenters. The minimum Gasteiger partial charge on any atom is -0.382 e. The molecule has 6 N–H and O–H groups in total. The van der Waals surface area contributed by atoms with Crippen molar-refractivity contribution in [2.75, 3.05) is 25.9 Å². The van der Waals surface area contributed by atoms with Gasteiger partial charge in [0.2, 0.25) is 0 Å². The van der Waals surface area contributed by atoms with Crippen molar-refractivity contribution in [3.05, 3.63) is 23.8 Å². The molecule has 0 atom stereocenters. The first-order chi connectivity index (χ1) is 13.6. The van der Waals surface area contributed by atoms with E-state index in [2.05, 4.69) is 35.5 Å². The number of H-pyrrole nitrogens is 1. The number of fused-ring (bicyclic) bond motifs is 1. The first kappa shape index (κ1) is 19.6. The molecule has 3 aromatic heterocycles. The zero-order valence-corrected chi connectivity index (χ0v) is 15.6. The molecule has 1 aliphatic heterocycles. The number of nitrogens with two attached hydrogens (primary N) is 2. The largest absolute Gasteiger partial charge is 0.382 e. The maximum atomic E-state index is 11.6. The summed E-state index contributed by atoms with van der Waals surface area (Å²) in [5, 5.41) is 10.0. The molecular weight excluding hydrogens is 362 g/mol. The zero-order chi connectivity index (χ0) is 19.9. The Balaban J connectivity index is 0.000000320. The maximum Gasteiger partial charge on any atom is 0.251 e. The quantitative estimate of drug-likeness (QED) is 0.496. The van der Waals surface area contributed by atoms with E-state index in [0.29, 0.717) is 17.3 Å². The van der Waals surface area contributed by atoms with Crippen LogP contribution in [0.2, 0.25) is 0 Å². The molecule has 3 aromatic rings. The molecule has 1 amide bonds. The van der Waals surface area contributed by atoms with Crippen molar-refractivity contribution in [1.82, 2.24) is 35.5 Å². The molecule has 1 saturated heterocycles. The van der Waals surface area contributed by atoms with Crippen LogP contribution in [0, 0.1) is 0 Å². The van der Waals surface area contributed by atoms with Crippen molar-refractivity contribution in [2.45, 2.75) is 25.9 Å². The second kappa shape index (κ2) is 9.15. The fourth-order valence-electron chi connectivity index (χ4n) is 2.77. The Morgan fingerprint density at radius 1 is 1.18 bits per heavy atom. The highest BCUT2D eigenvalue weighted by atomic mass is 16.5. The van der Waals surface area contributed by atoms with Crippen LogP contribution in [0.5, 0.6) is 0 Å². The summed E-state index contributed by atoms with van der Waals surface area (Å²) in [6.07, 6.45) is 5.46. The number of pyridine rings is 1. The van der Waals surface area contributed by atoms with E-state index < -0.39 is 5.91 Å². The SMILES string of the molecule is C1CCNCC1.COCc1nc(-c2cc(C(N)=O)c3ncnc(N)c3n2)n[nH]1. The van der Waals surface area contributed by atoms with Gasteiger partial charge in [0.15, 0.2) is 17.5 Å². The van der Waals surface area contributed by atoms with Crippen molar-refractivity contribution in [3.63, 3.8) is 0 Å². The van der Waals surface area contributed by atoms with Gasteiger partial charge in [-0.15, -0.1) is 0 Å². The molecule has 148 valence electrons. The van der Waals surface area contributed by atoms with Gasteiger partial charge in [0.05, 0.1) is 5.56 Å². The summed E-state index contributed by atoms with van der Waals surface area (Å²) < 4.78 is 4.96. The highest BCUT2D eigenvalue weighted by Crippen LogP contribution is 2.23. The molecule has 0 bridgehead atoms. The van der Waals surface area contributed by atoms with Crippen LogP contribution in [-0.4, -0.2) is 56.2 Å². The van der Waals surface area contributed by atoms with Crippen LogP contribution in [-0.2, 0) is 11.3 Å². The van der Waals surface area contributed by atoms with E-state index in [1.165, 1.54) is 44.7 Å². The Kier molecular flexibility index (Phi) is 6.40. The van der Waals surface area contributed by atoms with Gasteiger partial charge < -0.3 is 21.5 Å². The van der Waals surface area contributed by atoms with Crippen molar-refractivity contribution in [2.24, 2.45) is 5.73 Å². The van der Waals surface area contributed by atoms with Crippen molar-refractivity contribution < 1.29 is 9.53 Å². The lowest BCUT2D eigenvalue weighted by Crippen LogP contribution is -2.21. The minimum atomic E-state index is -0.653. The molecule has 0 aliphatic carbocycles. The van der Waals surface area contributed by atoms with E-state index in [1.54, 1.807) is 7.11 Å². The summed E-state index contributed by atoms with van der Waals surface area (Å²) in [5.74, 6) is 0.304. The number of carbonyl (C=O) groups is 1. The van der Waals surface area contributed by atoms with Gasteiger partial charge in [-0.3, -0.25) is 9.89 Å². The van der Waals surface area contributed by atoms with Crippen molar-refractivity contribution >= 4 is 22.8 Å². The molecule has 1 fully saturated rings. The molecule has 0 saturated carbocycles. The number of aromatic amines is 1. The number of nitrogen functional groups attached to an aromatic ring is 1. The Morgan fingerprint density at radius 2 is 1.96 bits per heavy atom. The van der Waals surface area contributed by atoms with Crippen LogP contribution in [0.25, 0.3) is 22.6 Å². The van der Waals surface area contributed by atoms with Gasteiger partial charge in [-0.2, -0.15) is 5.10 Å². The number of ether oxygens (including phenoxy) is 1. The number of methoxy groups -OCH3 is 1. The average molecular weight is 385 g/mol. The predicted octanol–water partition coefficient (Wildman–Crippen LogP) is 0.397. The van der Waals surface area contributed by atoms with Gasteiger partial charge in [0.25, 0.3) is 5.91 Å². The third-order valence-electron chi connectivity index (χ3n) is 4.13. The fraction of sp³-hybridized carbons (Fsp3) is 0.412. The lowest BCUT2D eigenvalue weighted by Gasteiger charge is -2.08. The number of nitrogens with one attached hydrogen (secondary N) is 2. The van der Waals surface area contributed by atoms with Gasteiger partial charge in [0, 0.05) is 7.11 Å². The summed E-state index contributed by atoms with van der Waals surface area (Å²) in [6, 6.07) is 1.47. The number of amides is 1. The Hall–Kier alpha value is -3.18. The Bertz CT molecular complexity index is 941. The molecule has 11 nitrogen and oxygen atoms in total. The number of piperidine rings is 1. The number of nitrogens with zero attached hydrogens (tertiary/aromatic N) is 5. The summed E-state index contributed by atoms with van der Waals surface area (Å²) >= 11 is 0. The van der Waals surface area contributed by atoms with Gasteiger partial charge >= 0.3 is 0 Å². The molecular formula is C17H23N9O2. The summed E-state index contributed by atoms with van der Waals surface area (Å²) in [5.41, 5.74) is 12.3. The van der Waals surface area contributed by atoms with Gasteiger partial charge in [0.1, 0.15) is 29.7 Å². The summed E-state index contributed by atoms with van der Waals surface area (Å²) in [7, 11) is 1.54. The molecule has 4 rings (SSSR count). The second-order valence-electron chi connectivity index (χ2n) is 6.22.